The van der Waals surface area contributed by atoms with E-state index in [4.69, 9.17) is 0 Å². The molecule has 0 atom stereocenters. The third kappa shape index (κ3) is 5.29. The van der Waals surface area contributed by atoms with E-state index in [9.17, 15) is 14.4 Å². The molecule has 5 heteroatoms. The van der Waals surface area contributed by atoms with Gasteiger partial charge in [-0.1, -0.05) is 0 Å². The van der Waals surface area contributed by atoms with E-state index in [1.54, 1.807) is 0 Å². The first-order valence-corrected chi connectivity index (χ1v) is 4.29. The molecule has 0 aromatic carbocycles. The average molecular weight is 202 g/mol. The minimum Gasteiger partial charge on any atom is -0.469 e. The summed E-state index contributed by atoms with van der Waals surface area (Å²) in [6, 6.07) is 0. The molecule has 0 aromatic heterocycles. The molecule has 0 aliphatic heterocycles. The Bertz CT molecular complexity index is 221. The predicted molar refractivity (Wildman–Crippen MR) is 47.5 cm³/mol. The number of methoxy groups -OCH3 is 2. The molecule has 0 spiro atoms. The number of rotatable bonds is 6. The third-order valence-electron chi connectivity index (χ3n) is 1.68. The van der Waals surface area contributed by atoms with Gasteiger partial charge in [0.25, 0.3) is 0 Å². The van der Waals surface area contributed by atoms with Crippen LogP contribution < -0.4 is 0 Å². The van der Waals surface area contributed by atoms with Gasteiger partial charge in [0, 0.05) is 12.8 Å². The van der Waals surface area contributed by atoms with Crippen LogP contribution >= 0.6 is 0 Å². The van der Waals surface area contributed by atoms with Crippen molar-refractivity contribution >= 4 is 17.7 Å². The topological polar surface area (TPSA) is 69.7 Å². The van der Waals surface area contributed by atoms with Crippen LogP contribution in [-0.4, -0.2) is 31.9 Å². The molecule has 0 aliphatic carbocycles. The van der Waals surface area contributed by atoms with Crippen molar-refractivity contribution in [3.63, 3.8) is 0 Å². The number of ketones is 1. The first kappa shape index (κ1) is 12.6. The Hall–Kier alpha value is -1.39. The van der Waals surface area contributed by atoms with Gasteiger partial charge in [0.05, 0.1) is 14.2 Å². The highest BCUT2D eigenvalue weighted by Gasteiger charge is 2.12. The zero-order valence-corrected chi connectivity index (χ0v) is 8.37. The number of hydrogen-bond acceptors (Lipinski definition) is 5. The van der Waals surface area contributed by atoms with Gasteiger partial charge in [-0.05, 0) is 12.8 Å². The fraction of sp³-hybridized carbons (Fsp3) is 0.667. The summed E-state index contributed by atoms with van der Waals surface area (Å²) in [6.45, 7) is 0. The lowest BCUT2D eigenvalue weighted by atomic mass is 10.1. The van der Waals surface area contributed by atoms with Crippen LogP contribution in [0.1, 0.15) is 25.7 Å². The largest absolute Gasteiger partial charge is 0.469 e. The molecular weight excluding hydrogens is 188 g/mol. The molecule has 80 valence electrons. The van der Waals surface area contributed by atoms with E-state index in [1.165, 1.54) is 7.11 Å². The predicted octanol–water partition coefficient (Wildman–Crippen LogP) is 0.462. The minimum absolute atomic E-state index is 0.115. The molecule has 0 saturated heterocycles. The standard InChI is InChI=1S/C9H14O5/c1-13-8(11)6-4-3-5-7(10)9(12)14-2/h3-6H2,1-2H3. The molecule has 0 radical (unpaired) electrons. The van der Waals surface area contributed by atoms with E-state index in [-0.39, 0.29) is 18.8 Å². The third-order valence-corrected chi connectivity index (χ3v) is 1.68. The molecule has 0 aromatic rings. The molecule has 0 N–H and O–H groups in total. The number of ether oxygens (including phenoxy) is 2. The number of carbonyl (C=O) groups is 3. The van der Waals surface area contributed by atoms with Gasteiger partial charge in [-0.2, -0.15) is 0 Å². The lowest BCUT2D eigenvalue weighted by Gasteiger charge is -1.99. The SMILES string of the molecule is COC(=O)CCCCC(=O)C(=O)OC. The Kier molecular flexibility index (Phi) is 6.36. The molecule has 0 saturated carbocycles. The second-order valence-corrected chi connectivity index (χ2v) is 2.70. The van der Waals surface area contributed by atoms with Gasteiger partial charge in [0.15, 0.2) is 0 Å². The van der Waals surface area contributed by atoms with Crippen molar-refractivity contribution in [3.8, 4) is 0 Å². The van der Waals surface area contributed by atoms with Crippen molar-refractivity contribution in [1.82, 2.24) is 0 Å². The Morgan fingerprint density at radius 1 is 0.929 bits per heavy atom. The highest BCUT2D eigenvalue weighted by Crippen LogP contribution is 2.02. The van der Waals surface area contributed by atoms with E-state index in [0.29, 0.717) is 12.8 Å². The van der Waals surface area contributed by atoms with Crippen LogP contribution in [0.15, 0.2) is 0 Å². The minimum atomic E-state index is -0.830. The fourth-order valence-electron chi connectivity index (χ4n) is 0.873. The second kappa shape index (κ2) is 7.06. The van der Waals surface area contributed by atoms with E-state index in [2.05, 4.69) is 9.47 Å². The molecule has 0 rings (SSSR count). The van der Waals surface area contributed by atoms with Gasteiger partial charge < -0.3 is 9.47 Å². The second-order valence-electron chi connectivity index (χ2n) is 2.70. The van der Waals surface area contributed by atoms with E-state index >= 15 is 0 Å². The van der Waals surface area contributed by atoms with Crippen LogP contribution in [0.2, 0.25) is 0 Å². The smallest absolute Gasteiger partial charge is 0.374 e. The van der Waals surface area contributed by atoms with Gasteiger partial charge in [-0.25, -0.2) is 4.79 Å². The Labute approximate surface area is 82.4 Å². The summed E-state index contributed by atoms with van der Waals surface area (Å²) in [5.74, 6) is -1.70. The highest BCUT2D eigenvalue weighted by atomic mass is 16.5. The van der Waals surface area contributed by atoms with Crippen LogP contribution in [0, 0.1) is 0 Å². The number of hydrogen-bond donors (Lipinski definition) is 0. The number of esters is 2. The zero-order chi connectivity index (χ0) is 11.0. The molecule has 0 amide bonds. The number of unbranched alkanes of at least 4 members (excludes halogenated alkanes) is 1. The van der Waals surface area contributed by atoms with Crippen molar-refractivity contribution < 1.29 is 23.9 Å². The van der Waals surface area contributed by atoms with Gasteiger partial charge >= 0.3 is 11.9 Å². The molecule has 0 heterocycles. The summed E-state index contributed by atoms with van der Waals surface area (Å²) >= 11 is 0. The van der Waals surface area contributed by atoms with Crippen LogP contribution in [-0.2, 0) is 23.9 Å². The first-order chi connectivity index (χ1) is 6.61. The summed E-state index contributed by atoms with van der Waals surface area (Å²) in [5.41, 5.74) is 0. The molecule has 5 nitrogen and oxygen atoms in total. The maximum absolute atomic E-state index is 10.9. The van der Waals surface area contributed by atoms with Gasteiger partial charge in [0.2, 0.25) is 5.78 Å². The lowest BCUT2D eigenvalue weighted by Crippen LogP contribution is -2.15. The van der Waals surface area contributed by atoms with E-state index < -0.39 is 11.8 Å². The summed E-state index contributed by atoms with van der Waals surface area (Å²) in [4.78, 5) is 32.2. The zero-order valence-electron chi connectivity index (χ0n) is 8.37. The Balaban J connectivity index is 3.50. The first-order valence-electron chi connectivity index (χ1n) is 4.29. The molecule has 0 aliphatic rings. The lowest BCUT2D eigenvalue weighted by molar-refractivity contribution is -0.151. The molecule has 0 fully saturated rings. The monoisotopic (exact) mass is 202 g/mol. The van der Waals surface area contributed by atoms with Crippen LogP contribution in [0.25, 0.3) is 0 Å². The Morgan fingerprint density at radius 3 is 2.00 bits per heavy atom. The summed E-state index contributed by atoms with van der Waals surface area (Å²) < 4.78 is 8.64. The van der Waals surface area contributed by atoms with Crippen molar-refractivity contribution in [1.29, 1.82) is 0 Å². The average Bonchev–Trinajstić information content (AvgIpc) is 2.22. The van der Waals surface area contributed by atoms with Crippen LogP contribution in [0.3, 0.4) is 0 Å². The van der Waals surface area contributed by atoms with Crippen molar-refractivity contribution in [3.05, 3.63) is 0 Å². The van der Waals surface area contributed by atoms with Crippen LogP contribution in [0.4, 0.5) is 0 Å². The highest BCUT2D eigenvalue weighted by molar-refractivity contribution is 6.33. The maximum atomic E-state index is 10.9. The number of Topliss-reactive ketones (excluding diaryl/α,β-unsaturated/α-hetero) is 1. The van der Waals surface area contributed by atoms with Gasteiger partial charge in [0.1, 0.15) is 0 Å². The van der Waals surface area contributed by atoms with Crippen molar-refractivity contribution in [2.75, 3.05) is 14.2 Å². The Morgan fingerprint density at radius 2 is 1.50 bits per heavy atom. The van der Waals surface area contributed by atoms with Gasteiger partial charge in [-0.3, -0.25) is 9.59 Å². The maximum Gasteiger partial charge on any atom is 0.374 e. The summed E-state index contributed by atoms with van der Waals surface area (Å²) in [5, 5.41) is 0. The number of carbonyl (C=O) groups excluding carboxylic acids is 3. The van der Waals surface area contributed by atoms with Crippen molar-refractivity contribution in [2.45, 2.75) is 25.7 Å². The fourth-order valence-corrected chi connectivity index (χ4v) is 0.873. The van der Waals surface area contributed by atoms with Gasteiger partial charge in [-0.15, -0.1) is 0 Å². The molecular formula is C9H14O5. The molecule has 0 unspecified atom stereocenters. The van der Waals surface area contributed by atoms with E-state index in [0.717, 1.165) is 7.11 Å². The summed E-state index contributed by atoms with van der Waals surface area (Å²) in [7, 11) is 2.47. The molecule has 0 bridgehead atoms. The van der Waals surface area contributed by atoms with Crippen molar-refractivity contribution in [2.24, 2.45) is 0 Å². The van der Waals surface area contributed by atoms with E-state index in [1.807, 2.05) is 0 Å². The normalized spacial score (nSPS) is 9.29. The van der Waals surface area contributed by atoms with Crippen LogP contribution in [0.5, 0.6) is 0 Å². The quantitative estimate of drug-likeness (QED) is 0.355. The summed E-state index contributed by atoms with van der Waals surface area (Å²) in [6.07, 6.45) is 1.41. The molecule has 14 heavy (non-hydrogen) atoms.